The molecule has 0 aromatic heterocycles. The van der Waals surface area contributed by atoms with Crippen molar-refractivity contribution < 1.29 is 14.6 Å². The highest BCUT2D eigenvalue weighted by molar-refractivity contribution is 4.40. The lowest BCUT2D eigenvalue weighted by atomic mass is 10.2. The maximum absolute atomic E-state index is 11.5. The van der Waals surface area contributed by atoms with Gasteiger partial charge in [0, 0.05) is 13.0 Å². The van der Waals surface area contributed by atoms with E-state index in [-0.39, 0.29) is 13.0 Å². The van der Waals surface area contributed by atoms with Crippen LogP contribution in [0.1, 0.15) is 19.3 Å². The molecule has 0 aromatic carbocycles. The van der Waals surface area contributed by atoms with Crippen LogP contribution in [0, 0.1) is 0 Å². The van der Waals surface area contributed by atoms with Crippen molar-refractivity contribution in [3.63, 3.8) is 0 Å². The van der Waals surface area contributed by atoms with Gasteiger partial charge in [-0.2, -0.15) is 0 Å². The molecule has 0 radical (unpaired) electrons. The number of alkyl halides is 1. The van der Waals surface area contributed by atoms with Gasteiger partial charge >= 0.3 is 0 Å². The maximum atomic E-state index is 11.5. The van der Waals surface area contributed by atoms with Crippen LogP contribution in [0.15, 0.2) is 0 Å². The minimum absolute atomic E-state index is 0.0761. The quantitative estimate of drug-likeness (QED) is 0.531. The molecule has 0 fully saturated rings. The summed E-state index contributed by atoms with van der Waals surface area (Å²) in [4.78, 5) is 0. The van der Waals surface area contributed by atoms with Crippen LogP contribution >= 0.6 is 0 Å². The fourth-order valence-electron chi connectivity index (χ4n) is 0.425. The monoisotopic (exact) mass is 122 g/mol. The molecule has 0 heterocycles. The van der Waals surface area contributed by atoms with E-state index < -0.39 is 6.36 Å². The molecule has 0 amide bonds. The van der Waals surface area contributed by atoms with Crippen molar-refractivity contribution in [2.75, 3.05) is 6.61 Å². The van der Waals surface area contributed by atoms with E-state index >= 15 is 0 Å². The Bertz CT molecular complexity index is 47.7. The molecule has 0 aliphatic heterocycles. The molecular weight excluding hydrogens is 111 g/mol. The first-order valence-electron chi connectivity index (χ1n) is 2.70. The Labute approximate surface area is 48.0 Å². The SMILES string of the molecule is OCCCCC(O)F. The van der Waals surface area contributed by atoms with Gasteiger partial charge in [-0.25, -0.2) is 4.39 Å². The molecule has 3 heteroatoms. The number of halogens is 1. The Morgan fingerprint density at radius 2 is 2.00 bits per heavy atom. The zero-order chi connectivity index (χ0) is 6.41. The molecular formula is C5H11FO2. The summed E-state index contributed by atoms with van der Waals surface area (Å²) in [5.74, 6) is 0. The molecule has 1 atom stereocenters. The largest absolute Gasteiger partial charge is 0.396 e. The molecule has 0 saturated heterocycles. The first-order chi connectivity index (χ1) is 3.77. The second-order valence-electron chi connectivity index (χ2n) is 1.65. The van der Waals surface area contributed by atoms with E-state index in [1.165, 1.54) is 0 Å². The molecule has 0 bridgehead atoms. The average Bonchev–Trinajstić information content (AvgIpc) is 1.66. The van der Waals surface area contributed by atoms with Gasteiger partial charge in [-0.05, 0) is 12.8 Å². The first-order valence-corrected chi connectivity index (χ1v) is 2.70. The molecule has 1 unspecified atom stereocenters. The van der Waals surface area contributed by atoms with Crippen LogP contribution in [0.5, 0.6) is 0 Å². The summed E-state index contributed by atoms with van der Waals surface area (Å²) < 4.78 is 11.5. The smallest absolute Gasteiger partial charge is 0.196 e. The topological polar surface area (TPSA) is 40.5 Å². The van der Waals surface area contributed by atoms with Gasteiger partial charge in [-0.15, -0.1) is 0 Å². The van der Waals surface area contributed by atoms with Crippen molar-refractivity contribution in [1.29, 1.82) is 0 Å². The number of aliphatic hydroxyl groups is 2. The standard InChI is InChI=1S/C5H11FO2/c6-5(8)3-1-2-4-7/h5,7-8H,1-4H2. The second kappa shape index (κ2) is 5.00. The van der Waals surface area contributed by atoms with E-state index in [0.717, 1.165) is 0 Å². The van der Waals surface area contributed by atoms with Crippen molar-refractivity contribution >= 4 is 0 Å². The number of hydrogen-bond acceptors (Lipinski definition) is 2. The predicted octanol–water partition coefficient (Wildman–Crippen LogP) is 0.437. The minimum Gasteiger partial charge on any atom is -0.396 e. The fourth-order valence-corrected chi connectivity index (χ4v) is 0.425. The average molecular weight is 122 g/mol. The fraction of sp³-hybridized carbons (Fsp3) is 1.00. The third-order valence-corrected chi connectivity index (χ3v) is 0.850. The van der Waals surface area contributed by atoms with Crippen molar-refractivity contribution in [3.8, 4) is 0 Å². The summed E-state index contributed by atoms with van der Waals surface area (Å²) in [5.41, 5.74) is 0. The summed E-state index contributed by atoms with van der Waals surface area (Å²) >= 11 is 0. The molecule has 2 nitrogen and oxygen atoms in total. The highest BCUT2D eigenvalue weighted by atomic mass is 19.1. The Kier molecular flexibility index (Phi) is 4.90. The van der Waals surface area contributed by atoms with Crippen LogP contribution in [-0.4, -0.2) is 23.2 Å². The van der Waals surface area contributed by atoms with Gasteiger partial charge in [0.25, 0.3) is 0 Å². The maximum Gasteiger partial charge on any atom is 0.196 e. The van der Waals surface area contributed by atoms with Crippen LogP contribution in [-0.2, 0) is 0 Å². The van der Waals surface area contributed by atoms with Crippen molar-refractivity contribution in [2.24, 2.45) is 0 Å². The Morgan fingerprint density at radius 3 is 2.38 bits per heavy atom. The summed E-state index contributed by atoms with van der Waals surface area (Å²) in [5, 5.41) is 16.2. The second-order valence-corrected chi connectivity index (χ2v) is 1.65. The zero-order valence-electron chi connectivity index (χ0n) is 4.68. The predicted molar refractivity (Wildman–Crippen MR) is 28.1 cm³/mol. The van der Waals surface area contributed by atoms with Crippen LogP contribution in [0.3, 0.4) is 0 Å². The van der Waals surface area contributed by atoms with Gasteiger partial charge in [-0.1, -0.05) is 0 Å². The highest BCUT2D eigenvalue weighted by Crippen LogP contribution is 1.99. The van der Waals surface area contributed by atoms with E-state index in [4.69, 9.17) is 10.2 Å². The normalized spacial score (nSPS) is 13.9. The summed E-state index contributed by atoms with van der Waals surface area (Å²) in [6, 6.07) is 0. The van der Waals surface area contributed by atoms with Gasteiger partial charge in [-0.3, -0.25) is 0 Å². The Hall–Kier alpha value is -0.150. The number of unbranched alkanes of at least 4 members (excludes halogenated alkanes) is 1. The van der Waals surface area contributed by atoms with E-state index in [0.29, 0.717) is 12.8 Å². The summed E-state index contributed by atoms with van der Waals surface area (Å²) in [6.07, 6.45) is -0.447. The molecule has 0 saturated carbocycles. The third-order valence-electron chi connectivity index (χ3n) is 0.850. The van der Waals surface area contributed by atoms with E-state index in [9.17, 15) is 4.39 Å². The minimum atomic E-state index is -1.71. The molecule has 50 valence electrons. The lowest BCUT2D eigenvalue weighted by Gasteiger charge is -1.96. The summed E-state index contributed by atoms with van der Waals surface area (Å²) in [7, 11) is 0. The third kappa shape index (κ3) is 5.85. The molecule has 0 aliphatic rings. The van der Waals surface area contributed by atoms with E-state index in [2.05, 4.69) is 0 Å². The van der Waals surface area contributed by atoms with Crippen LogP contribution < -0.4 is 0 Å². The highest BCUT2D eigenvalue weighted by Gasteiger charge is 1.96. The van der Waals surface area contributed by atoms with Gasteiger partial charge in [0.05, 0.1) is 0 Å². The van der Waals surface area contributed by atoms with Crippen LogP contribution in [0.25, 0.3) is 0 Å². The Balaban J connectivity index is 2.72. The van der Waals surface area contributed by atoms with Gasteiger partial charge in [0.15, 0.2) is 6.36 Å². The van der Waals surface area contributed by atoms with Crippen LogP contribution in [0.4, 0.5) is 4.39 Å². The molecule has 0 rings (SSSR count). The number of rotatable bonds is 4. The zero-order valence-corrected chi connectivity index (χ0v) is 4.68. The van der Waals surface area contributed by atoms with Crippen molar-refractivity contribution in [2.45, 2.75) is 25.6 Å². The first kappa shape index (κ1) is 7.85. The molecule has 2 N–H and O–H groups in total. The van der Waals surface area contributed by atoms with Gasteiger partial charge in [0.2, 0.25) is 0 Å². The summed E-state index contributed by atoms with van der Waals surface area (Å²) in [6.45, 7) is 0.0761. The van der Waals surface area contributed by atoms with Gasteiger partial charge < -0.3 is 10.2 Å². The van der Waals surface area contributed by atoms with E-state index in [1.807, 2.05) is 0 Å². The molecule has 8 heavy (non-hydrogen) atoms. The molecule has 0 spiro atoms. The number of hydrogen-bond donors (Lipinski definition) is 2. The van der Waals surface area contributed by atoms with Crippen LogP contribution in [0.2, 0.25) is 0 Å². The van der Waals surface area contributed by atoms with E-state index in [1.54, 1.807) is 0 Å². The van der Waals surface area contributed by atoms with Crippen molar-refractivity contribution in [1.82, 2.24) is 0 Å². The Morgan fingerprint density at radius 1 is 1.38 bits per heavy atom. The lowest BCUT2D eigenvalue weighted by Crippen LogP contribution is -1.96. The lowest BCUT2D eigenvalue weighted by molar-refractivity contribution is 0.0314. The number of aliphatic hydroxyl groups excluding tert-OH is 2. The molecule has 0 aliphatic carbocycles. The van der Waals surface area contributed by atoms with Gasteiger partial charge in [0.1, 0.15) is 0 Å². The van der Waals surface area contributed by atoms with Crippen molar-refractivity contribution in [3.05, 3.63) is 0 Å². The molecule has 0 aromatic rings.